The largest absolute Gasteiger partial charge is 0.383 e. The molecular formula is C19H22F2N6. The third kappa shape index (κ3) is 2.98. The molecule has 1 aromatic carbocycles. The zero-order chi connectivity index (χ0) is 19.3. The second-order valence-corrected chi connectivity index (χ2v) is 7.86. The lowest BCUT2D eigenvalue weighted by atomic mass is 10.1. The van der Waals surface area contributed by atoms with E-state index in [0.29, 0.717) is 28.5 Å². The van der Waals surface area contributed by atoms with Gasteiger partial charge in [0.1, 0.15) is 17.5 Å². The summed E-state index contributed by atoms with van der Waals surface area (Å²) in [5.74, 6) is -0.466. The fraction of sp³-hybridized carbons (Fsp3) is 0.421. The van der Waals surface area contributed by atoms with Gasteiger partial charge in [0, 0.05) is 24.7 Å². The smallest absolute Gasteiger partial charge is 0.228 e. The summed E-state index contributed by atoms with van der Waals surface area (Å²) in [6, 6.07) is 3.45. The van der Waals surface area contributed by atoms with E-state index in [4.69, 9.17) is 5.73 Å². The lowest BCUT2D eigenvalue weighted by molar-refractivity contribution is 0.364. The number of rotatable bonds is 2. The van der Waals surface area contributed by atoms with Gasteiger partial charge in [0.25, 0.3) is 0 Å². The Kier molecular flexibility index (Phi) is 4.01. The number of hydrogen-bond donors (Lipinski definition) is 1. The van der Waals surface area contributed by atoms with Crippen molar-refractivity contribution in [1.82, 2.24) is 19.7 Å². The number of hydrogen-bond acceptors (Lipinski definition) is 5. The van der Waals surface area contributed by atoms with Crippen molar-refractivity contribution >= 4 is 22.8 Å². The monoisotopic (exact) mass is 372 g/mol. The zero-order valence-corrected chi connectivity index (χ0v) is 15.6. The predicted octanol–water partition coefficient (Wildman–Crippen LogP) is 3.71. The second kappa shape index (κ2) is 6.14. The Bertz CT molecular complexity index is 1020. The highest BCUT2D eigenvalue weighted by atomic mass is 19.1. The van der Waals surface area contributed by atoms with Crippen LogP contribution in [0.25, 0.3) is 22.3 Å². The van der Waals surface area contributed by atoms with E-state index in [2.05, 4.69) is 20.0 Å². The summed E-state index contributed by atoms with van der Waals surface area (Å²) in [5, 5.41) is 5.05. The average Bonchev–Trinajstić information content (AvgIpc) is 3.22. The van der Waals surface area contributed by atoms with E-state index in [1.165, 1.54) is 12.1 Å². The molecule has 0 unspecified atom stereocenters. The van der Waals surface area contributed by atoms with Gasteiger partial charge in [-0.2, -0.15) is 4.98 Å². The molecule has 0 aliphatic carbocycles. The Labute approximate surface area is 156 Å². The summed E-state index contributed by atoms with van der Waals surface area (Å²) in [6.07, 6.45) is 2.11. The van der Waals surface area contributed by atoms with E-state index < -0.39 is 11.6 Å². The molecule has 1 aliphatic rings. The molecule has 142 valence electrons. The van der Waals surface area contributed by atoms with Crippen LogP contribution in [-0.4, -0.2) is 32.8 Å². The van der Waals surface area contributed by atoms with Crippen LogP contribution in [0.5, 0.6) is 0 Å². The first-order chi connectivity index (χ1) is 12.8. The van der Waals surface area contributed by atoms with Gasteiger partial charge in [0.2, 0.25) is 5.95 Å². The number of fused-ring (bicyclic) bond motifs is 1. The Balaban J connectivity index is 2.02. The van der Waals surface area contributed by atoms with Crippen LogP contribution >= 0.6 is 0 Å². The highest BCUT2D eigenvalue weighted by Crippen LogP contribution is 2.36. The van der Waals surface area contributed by atoms with Crippen LogP contribution < -0.4 is 10.6 Å². The lowest BCUT2D eigenvalue weighted by Gasteiger charge is -2.20. The number of benzene rings is 1. The summed E-state index contributed by atoms with van der Waals surface area (Å²) < 4.78 is 29.7. The van der Waals surface area contributed by atoms with Crippen LogP contribution in [0, 0.1) is 11.6 Å². The lowest BCUT2D eigenvalue weighted by Crippen LogP contribution is -2.24. The van der Waals surface area contributed by atoms with Crippen LogP contribution in [0.1, 0.15) is 33.6 Å². The Morgan fingerprint density at radius 2 is 1.78 bits per heavy atom. The number of nitrogens with zero attached hydrogens (tertiary/aromatic N) is 5. The van der Waals surface area contributed by atoms with Crippen molar-refractivity contribution in [3.8, 4) is 11.3 Å². The summed E-state index contributed by atoms with van der Waals surface area (Å²) in [4.78, 5) is 11.3. The maximum atomic E-state index is 14.6. The topological polar surface area (TPSA) is 72.9 Å². The highest BCUT2D eigenvalue weighted by molar-refractivity contribution is 5.99. The molecule has 0 atom stereocenters. The van der Waals surface area contributed by atoms with E-state index in [0.717, 1.165) is 32.0 Å². The van der Waals surface area contributed by atoms with Gasteiger partial charge in [-0.1, -0.05) is 0 Å². The van der Waals surface area contributed by atoms with Crippen LogP contribution in [-0.2, 0) is 5.54 Å². The number of halogens is 2. The molecule has 3 aromatic rings. The fourth-order valence-corrected chi connectivity index (χ4v) is 3.45. The van der Waals surface area contributed by atoms with Gasteiger partial charge in [-0.15, -0.1) is 5.10 Å². The summed E-state index contributed by atoms with van der Waals surface area (Å²) in [5.41, 5.74) is 6.92. The number of anilines is 2. The van der Waals surface area contributed by atoms with Crippen LogP contribution in [0.3, 0.4) is 0 Å². The van der Waals surface area contributed by atoms with E-state index in [-0.39, 0.29) is 11.1 Å². The first-order valence-electron chi connectivity index (χ1n) is 9.03. The summed E-state index contributed by atoms with van der Waals surface area (Å²) in [7, 11) is 0. The maximum Gasteiger partial charge on any atom is 0.228 e. The molecule has 1 fully saturated rings. The molecule has 8 heteroatoms. The van der Waals surface area contributed by atoms with Crippen molar-refractivity contribution in [3.63, 3.8) is 0 Å². The molecule has 0 radical (unpaired) electrons. The standard InChI is InChI=1S/C19H22F2N6/c1-19(2,3)27-16(22)14-15(12-7-6-11(20)10-13(12)21)23-18(24-17(14)25-27)26-8-4-5-9-26/h6-7,10H,4-5,8-9,22H2,1-3H3. The number of nitrogens with two attached hydrogens (primary N) is 1. The van der Waals surface area contributed by atoms with Crippen molar-refractivity contribution in [2.24, 2.45) is 0 Å². The fourth-order valence-electron chi connectivity index (χ4n) is 3.45. The molecule has 1 aliphatic heterocycles. The number of nitrogen functional groups attached to an aromatic ring is 1. The Morgan fingerprint density at radius 3 is 2.41 bits per heavy atom. The van der Waals surface area contributed by atoms with Gasteiger partial charge < -0.3 is 10.6 Å². The van der Waals surface area contributed by atoms with E-state index >= 15 is 0 Å². The van der Waals surface area contributed by atoms with Gasteiger partial charge in [-0.25, -0.2) is 18.4 Å². The molecule has 4 rings (SSSR count). The van der Waals surface area contributed by atoms with Crippen LogP contribution in [0.4, 0.5) is 20.5 Å². The molecule has 6 nitrogen and oxygen atoms in total. The minimum absolute atomic E-state index is 0.185. The van der Waals surface area contributed by atoms with Crippen molar-refractivity contribution in [2.45, 2.75) is 39.2 Å². The van der Waals surface area contributed by atoms with Crippen LogP contribution in [0.15, 0.2) is 18.2 Å². The highest BCUT2D eigenvalue weighted by Gasteiger charge is 2.26. The normalized spacial score (nSPS) is 15.1. The van der Waals surface area contributed by atoms with Crippen molar-refractivity contribution in [1.29, 1.82) is 0 Å². The van der Waals surface area contributed by atoms with E-state index in [1.54, 1.807) is 4.68 Å². The Morgan fingerprint density at radius 1 is 1.07 bits per heavy atom. The molecule has 2 aromatic heterocycles. The molecule has 0 spiro atoms. The van der Waals surface area contributed by atoms with Crippen LogP contribution in [0.2, 0.25) is 0 Å². The SMILES string of the molecule is CC(C)(C)n1nc2nc(N3CCCC3)nc(-c3ccc(F)cc3F)c2c1N. The van der Waals surface area contributed by atoms with Crippen molar-refractivity contribution in [2.75, 3.05) is 23.7 Å². The molecule has 27 heavy (non-hydrogen) atoms. The van der Waals surface area contributed by atoms with Gasteiger partial charge in [-0.05, 0) is 45.7 Å². The third-order valence-corrected chi connectivity index (χ3v) is 4.77. The van der Waals surface area contributed by atoms with E-state index in [9.17, 15) is 8.78 Å². The molecule has 3 heterocycles. The molecule has 0 amide bonds. The van der Waals surface area contributed by atoms with Gasteiger partial charge in [0.15, 0.2) is 5.65 Å². The van der Waals surface area contributed by atoms with Crippen molar-refractivity contribution < 1.29 is 8.78 Å². The number of aromatic nitrogens is 4. The molecule has 0 saturated carbocycles. The molecular weight excluding hydrogens is 350 g/mol. The first-order valence-corrected chi connectivity index (χ1v) is 9.03. The van der Waals surface area contributed by atoms with E-state index in [1.807, 2.05) is 20.8 Å². The first kappa shape index (κ1) is 17.6. The Hall–Kier alpha value is -2.77. The zero-order valence-electron chi connectivity index (χ0n) is 15.6. The molecule has 0 bridgehead atoms. The minimum atomic E-state index is -0.690. The molecule has 2 N–H and O–H groups in total. The maximum absolute atomic E-state index is 14.6. The minimum Gasteiger partial charge on any atom is -0.383 e. The third-order valence-electron chi connectivity index (χ3n) is 4.77. The predicted molar refractivity (Wildman–Crippen MR) is 102 cm³/mol. The average molecular weight is 372 g/mol. The molecule has 1 saturated heterocycles. The van der Waals surface area contributed by atoms with Crippen molar-refractivity contribution in [3.05, 3.63) is 29.8 Å². The quantitative estimate of drug-likeness (QED) is 0.742. The van der Waals surface area contributed by atoms with Gasteiger partial charge >= 0.3 is 0 Å². The van der Waals surface area contributed by atoms with Gasteiger partial charge in [0.05, 0.1) is 16.6 Å². The van der Waals surface area contributed by atoms with Gasteiger partial charge in [-0.3, -0.25) is 0 Å². The summed E-state index contributed by atoms with van der Waals surface area (Å²) >= 11 is 0. The second-order valence-electron chi connectivity index (χ2n) is 7.86. The summed E-state index contributed by atoms with van der Waals surface area (Å²) in [6.45, 7) is 7.60.